The summed E-state index contributed by atoms with van der Waals surface area (Å²) in [6.45, 7) is 4.52. The van der Waals surface area contributed by atoms with E-state index in [-0.39, 0.29) is 11.3 Å². The van der Waals surface area contributed by atoms with Gasteiger partial charge in [0, 0.05) is 6.54 Å². The van der Waals surface area contributed by atoms with E-state index in [0.717, 1.165) is 24.6 Å². The molecule has 0 aliphatic carbocycles. The number of anilines is 1. The molecule has 104 valence electrons. The van der Waals surface area contributed by atoms with Crippen LogP contribution in [0.25, 0.3) is 0 Å². The lowest BCUT2D eigenvalue weighted by Gasteiger charge is -2.10. The number of hydrogen-bond donors (Lipinski definition) is 3. The highest BCUT2D eigenvalue weighted by Gasteiger charge is 2.10. The van der Waals surface area contributed by atoms with E-state index in [1.807, 2.05) is 13.8 Å². The standard InChI is InChI=1S/C13H17FN2O3/c1-8(2)5-6-15-13(19)16-11-7-9(12(17)18)3-4-10(11)14/h3-4,7-8H,5-6H2,1-2H3,(H,17,18)(H2,15,16,19). The van der Waals surface area contributed by atoms with Gasteiger partial charge in [0.2, 0.25) is 0 Å². The van der Waals surface area contributed by atoms with Crippen LogP contribution in [0, 0.1) is 11.7 Å². The average Bonchev–Trinajstić information content (AvgIpc) is 2.31. The van der Waals surface area contributed by atoms with E-state index < -0.39 is 17.8 Å². The van der Waals surface area contributed by atoms with Crippen LogP contribution in [0.15, 0.2) is 18.2 Å². The minimum absolute atomic E-state index is 0.0844. The molecule has 3 N–H and O–H groups in total. The third-order valence-electron chi connectivity index (χ3n) is 2.47. The zero-order valence-electron chi connectivity index (χ0n) is 10.9. The lowest BCUT2D eigenvalue weighted by Crippen LogP contribution is -2.30. The van der Waals surface area contributed by atoms with Crippen molar-refractivity contribution in [3.05, 3.63) is 29.6 Å². The van der Waals surface area contributed by atoms with Gasteiger partial charge in [0.25, 0.3) is 0 Å². The van der Waals surface area contributed by atoms with Gasteiger partial charge < -0.3 is 15.7 Å². The largest absolute Gasteiger partial charge is 0.478 e. The summed E-state index contributed by atoms with van der Waals surface area (Å²) >= 11 is 0. The van der Waals surface area contributed by atoms with Crippen molar-refractivity contribution < 1.29 is 19.1 Å². The second kappa shape index (κ2) is 6.72. The molecule has 0 radical (unpaired) electrons. The van der Waals surface area contributed by atoms with E-state index in [1.54, 1.807) is 0 Å². The summed E-state index contributed by atoms with van der Waals surface area (Å²) in [5.41, 5.74) is -0.235. The Morgan fingerprint density at radius 2 is 2.05 bits per heavy atom. The number of rotatable bonds is 5. The number of aromatic carboxylic acids is 1. The van der Waals surface area contributed by atoms with Crippen LogP contribution in [0.2, 0.25) is 0 Å². The van der Waals surface area contributed by atoms with Crippen LogP contribution in [0.4, 0.5) is 14.9 Å². The van der Waals surface area contributed by atoms with Gasteiger partial charge in [-0.25, -0.2) is 14.0 Å². The SMILES string of the molecule is CC(C)CCNC(=O)Nc1cc(C(=O)O)ccc1F. The molecular weight excluding hydrogens is 251 g/mol. The molecule has 0 bridgehead atoms. The normalized spacial score (nSPS) is 10.3. The molecule has 0 spiro atoms. The first-order valence-corrected chi connectivity index (χ1v) is 5.98. The molecule has 0 aliphatic rings. The predicted molar refractivity (Wildman–Crippen MR) is 69.8 cm³/mol. The van der Waals surface area contributed by atoms with Gasteiger partial charge >= 0.3 is 12.0 Å². The maximum atomic E-state index is 13.4. The summed E-state index contributed by atoms with van der Waals surface area (Å²) in [4.78, 5) is 22.2. The molecule has 5 nitrogen and oxygen atoms in total. The molecule has 0 aromatic heterocycles. The highest BCUT2D eigenvalue weighted by molar-refractivity contribution is 5.93. The molecule has 19 heavy (non-hydrogen) atoms. The molecule has 2 amide bonds. The van der Waals surface area contributed by atoms with Crippen molar-refractivity contribution in [2.75, 3.05) is 11.9 Å². The molecule has 0 unspecified atom stereocenters. The fourth-order valence-corrected chi connectivity index (χ4v) is 1.39. The maximum Gasteiger partial charge on any atom is 0.335 e. The number of amides is 2. The molecule has 6 heteroatoms. The van der Waals surface area contributed by atoms with Gasteiger partial charge in [0.1, 0.15) is 5.82 Å². The molecule has 1 rings (SSSR count). The highest BCUT2D eigenvalue weighted by Crippen LogP contribution is 2.16. The Hall–Kier alpha value is -2.11. The number of nitrogens with one attached hydrogen (secondary N) is 2. The topological polar surface area (TPSA) is 78.4 Å². The highest BCUT2D eigenvalue weighted by atomic mass is 19.1. The number of urea groups is 1. The number of carboxylic acid groups (broad SMARTS) is 1. The Bertz CT molecular complexity index is 475. The average molecular weight is 268 g/mol. The zero-order valence-corrected chi connectivity index (χ0v) is 10.9. The molecule has 0 saturated carbocycles. The molecule has 1 aromatic rings. The summed E-state index contributed by atoms with van der Waals surface area (Å²) < 4.78 is 13.4. The number of benzene rings is 1. The molecule has 0 heterocycles. The van der Waals surface area contributed by atoms with Gasteiger partial charge in [-0.05, 0) is 30.5 Å². The smallest absolute Gasteiger partial charge is 0.335 e. The van der Waals surface area contributed by atoms with Crippen molar-refractivity contribution in [2.45, 2.75) is 20.3 Å². The van der Waals surface area contributed by atoms with Gasteiger partial charge in [-0.1, -0.05) is 13.8 Å². The van der Waals surface area contributed by atoms with E-state index in [2.05, 4.69) is 10.6 Å². The van der Waals surface area contributed by atoms with Crippen molar-refractivity contribution in [1.29, 1.82) is 0 Å². The first kappa shape index (κ1) is 14.9. The minimum atomic E-state index is -1.18. The van der Waals surface area contributed by atoms with Crippen LogP contribution in [-0.2, 0) is 0 Å². The first-order chi connectivity index (χ1) is 8.90. The quantitative estimate of drug-likeness (QED) is 0.768. The van der Waals surface area contributed by atoms with Crippen molar-refractivity contribution in [1.82, 2.24) is 5.32 Å². The summed E-state index contributed by atoms with van der Waals surface area (Å²) in [7, 11) is 0. The van der Waals surface area contributed by atoms with Crippen molar-refractivity contribution in [3.8, 4) is 0 Å². The molecule has 0 atom stereocenters. The van der Waals surface area contributed by atoms with Crippen LogP contribution in [-0.4, -0.2) is 23.7 Å². The van der Waals surface area contributed by atoms with E-state index >= 15 is 0 Å². The monoisotopic (exact) mass is 268 g/mol. The lowest BCUT2D eigenvalue weighted by atomic mass is 10.1. The number of carbonyl (C=O) groups is 2. The number of carboxylic acids is 1. The van der Waals surface area contributed by atoms with E-state index in [0.29, 0.717) is 12.5 Å². The van der Waals surface area contributed by atoms with Crippen molar-refractivity contribution in [2.24, 2.45) is 5.92 Å². The Morgan fingerprint density at radius 1 is 1.37 bits per heavy atom. The summed E-state index contributed by atoms with van der Waals surface area (Å²) in [5, 5.41) is 13.7. The first-order valence-electron chi connectivity index (χ1n) is 5.98. The molecular formula is C13H17FN2O3. The van der Waals surface area contributed by atoms with Crippen LogP contribution < -0.4 is 10.6 Å². The third-order valence-corrected chi connectivity index (χ3v) is 2.47. The number of halogens is 1. The third kappa shape index (κ3) is 4.95. The second-order valence-corrected chi connectivity index (χ2v) is 4.56. The van der Waals surface area contributed by atoms with Gasteiger partial charge in [-0.3, -0.25) is 0 Å². The summed E-state index contributed by atoms with van der Waals surface area (Å²) in [6, 6.07) is 2.67. The van der Waals surface area contributed by atoms with E-state index in [1.165, 1.54) is 0 Å². The predicted octanol–water partition coefficient (Wildman–Crippen LogP) is 2.69. The molecule has 0 fully saturated rings. The van der Waals surface area contributed by atoms with E-state index in [9.17, 15) is 14.0 Å². The van der Waals surface area contributed by atoms with Crippen LogP contribution >= 0.6 is 0 Å². The fraction of sp³-hybridized carbons (Fsp3) is 0.385. The Balaban J connectivity index is 2.63. The Labute approximate surface area is 110 Å². The fourth-order valence-electron chi connectivity index (χ4n) is 1.39. The van der Waals surface area contributed by atoms with E-state index in [4.69, 9.17) is 5.11 Å². The minimum Gasteiger partial charge on any atom is -0.478 e. The van der Waals surface area contributed by atoms with Crippen molar-refractivity contribution >= 4 is 17.7 Å². The van der Waals surface area contributed by atoms with Crippen LogP contribution in [0.3, 0.4) is 0 Å². The van der Waals surface area contributed by atoms with Crippen molar-refractivity contribution in [3.63, 3.8) is 0 Å². The van der Waals surface area contributed by atoms with Gasteiger partial charge in [0.15, 0.2) is 0 Å². The molecule has 0 saturated heterocycles. The van der Waals surface area contributed by atoms with Gasteiger partial charge in [-0.2, -0.15) is 0 Å². The Kier molecular flexibility index (Phi) is 5.29. The number of carbonyl (C=O) groups excluding carboxylic acids is 1. The lowest BCUT2D eigenvalue weighted by molar-refractivity contribution is 0.0697. The Morgan fingerprint density at radius 3 is 2.63 bits per heavy atom. The summed E-state index contributed by atoms with van der Waals surface area (Å²) in [6.07, 6.45) is 0.811. The zero-order chi connectivity index (χ0) is 14.4. The molecule has 1 aromatic carbocycles. The number of hydrogen-bond acceptors (Lipinski definition) is 2. The van der Waals surface area contributed by atoms with Crippen LogP contribution in [0.5, 0.6) is 0 Å². The second-order valence-electron chi connectivity index (χ2n) is 4.56. The van der Waals surface area contributed by atoms with Gasteiger partial charge in [0.05, 0.1) is 11.3 Å². The summed E-state index contributed by atoms with van der Waals surface area (Å²) in [5.74, 6) is -1.40. The van der Waals surface area contributed by atoms with Crippen LogP contribution in [0.1, 0.15) is 30.6 Å². The molecule has 0 aliphatic heterocycles. The van der Waals surface area contributed by atoms with Gasteiger partial charge in [-0.15, -0.1) is 0 Å². The maximum absolute atomic E-state index is 13.4.